The van der Waals surface area contributed by atoms with E-state index in [2.05, 4.69) is 32.1 Å². The maximum absolute atomic E-state index is 14.3. The van der Waals surface area contributed by atoms with Gasteiger partial charge in [0.05, 0.1) is 39.3 Å². The van der Waals surface area contributed by atoms with Crippen molar-refractivity contribution in [2.24, 2.45) is 0 Å². The lowest BCUT2D eigenvalue weighted by Gasteiger charge is -2.44. The van der Waals surface area contributed by atoms with Gasteiger partial charge in [-0.15, -0.1) is 11.3 Å². The van der Waals surface area contributed by atoms with Gasteiger partial charge in [0, 0.05) is 104 Å². The van der Waals surface area contributed by atoms with E-state index < -0.39 is 64.6 Å². The molecule has 0 bridgehead atoms. The molecular weight excluding hydrogens is 1280 g/mol. The molecule has 1 N–H and O–H groups in total. The van der Waals surface area contributed by atoms with Gasteiger partial charge in [0.25, 0.3) is 11.8 Å². The number of amides is 5. The number of likely N-dealkylation sites (tertiary alicyclic amines) is 2. The topological polar surface area (TPSA) is 148 Å². The molecule has 520 valence electrons. The van der Waals surface area contributed by atoms with Crippen LogP contribution in [0.2, 0.25) is 0 Å². The highest BCUT2D eigenvalue weighted by atomic mass is 32.1. The Hall–Kier alpha value is -7.90. The van der Waals surface area contributed by atoms with Gasteiger partial charge < -0.3 is 48.5 Å². The molecule has 0 radical (unpaired) electrons. The minimum Gasteiger partial charge on any atom is -0.446 e. The van der Waals surface area contributed by atoms with Crippen molar-refractivity contribution in [3.8, 4) is 11.1 Å². The minimum absolute atomic E-state index is 0.0288. The summed E-state index contributed by atoms with van der Waals surface area (Å²) in [5, 5.41) is 3.90. The van der Waals surface area contributed by atoms with Crippen LogP contribution < -0.4 is 10.2 Å². The third-order valence-electron chi connectivity index (χ3n) is 19.6. The lowest BCUT2D eigenvalue weighted by Crippen LogP contribution is -2.50. The Morgan fingerprint density at radius 3 is 2.03 bits per heavy atom. The predicted octanol–water partition coefficient (Wildman–Crippen LogP) is 13.0. The third kappa shape index (κ3) is 17.7. The molecule has 1 aliphatic carbocycles. The van der Waals surface area contributed by atoms with Gasteiger partial charge in [-0.2, -0.15) is 26.3 Å². The number of para-hydroxylation sites is 1. The summed E-state index contributed by atoms with van der Waals surface area (Å²) in [5.74, 6) is -1.87. The third-order valence-corrected chi connectivity index (χ3v) is 21.0. The molecule has 0 unspecified atom stereocenters. The number of hydrogen-bond acceptors (Lipinski definition) is 12. The monoisotopic (exact) mass is 1370 g/mol. The Morgan fingerprint density at radius 2 is 1.33 bits per heavy atom. The Kier molecular flexibility index (Phi) is 23.2. The highest BCUT2D eigenvalue weighted by Crippen LogP contribution is 2.49. The first kappa shape index (κ1) is 71.9. The highest BCUT2D eigenvalue weighted by Gasteiger charge is 2.50. The number of nitrogens with zero attached hydrogens (tertiary/aromatic N) is 7. The number of carbonyl (C=O) groups is 5. The molecule has 4 aliphatic rings. The lowest BCUT2D eigenvalue weighted by atomic mass is 9.72. The van der Waals surface area contributed by atoms with Crippen molar-refractivity contribution in [3.63, 3.8) is 0 Å². The Labute approximate surface area is 566 Å². The molecule has 1 aromatic heterocycles. The van der Waals surface area contributed by atoms with E-state index in [1.54, 1.807) is 28.8 Å². The summed E-state index contributed by atoms with van der Waals surface area (Å²) in [4.78, 5) is 80.8. The van der Waals surface area contributed by atoms with Gasteiger partial charge in [-0.3, -0.25) is 24.5 Å². The molecule has 24 heteroatoms. The average Bonchev–Trinajstić information content (AvgIpc) is 1.61. The largest absolute Gasteiger partial charge is 0.446 e. The first-order valence-corrected chi connectivity index (χ1v) is 33.9. The number of benzene rings is 5. The van der Waals surface area contributed by atoms with Crippen molar-refractivity contribution < 1.29 is 68.9 Å². The Morgan fingerprint density at radius 1 is 0.691 bits per heavy atom. The molecule has 6 aromatic rings. The van der Waals surface area contributed by atoms with E-state index in [1.165, 1.54) is 35.6 Å². The summed E-state index contributed by atoms with van der Waals surface area (Å²) >= 11 is 1.43. The number of carbonyl (C=O) groups excluding carboxylic acids is 5. The van der Waals surface area contributed by atoms with Gasteiger partial charge in [-0.05, 0) is 142 Å². The second kappa shape index (κ2) is 31.3. The second-order valence-corrected chi connectivity index (χ2v) is 27.2. The van der Waals surface area contributed by atoms with Crippen LogP contribution in [0.25, 0.3) is 11.1 Å². The number of alkyl halides is 6. The normalized spacial score (nSPS) is 18.2. The molecule has 3 saturated heterocycles. The summed E-state index contributed by atoms with van der Waals surface area (Å²) in [7, 11) is 7.27. The van der Waals surface area contributed by atoms with Crippen LogP contribution in [-0.4, -0.2) is 185 Å². The lowest BCUT2D eigenvalue weighted by molar-refractivity contribution is -0.143. The molecule has 2 atom stereocenters. The summed E-state index contributed by atoms with van der Waals surface area (Å²) in [6.45, 7) is 6.94. The molecule has 16 nitrogen and oxygen atoms in total. The highest BCUT2D eigenvalue weighted by molar-refractivity contribution is 7.18. The van der Waals surface area contributed by atoms with Crippen molar-refractivity contribution in [1.29, 1.82) is 0 Å². The summed E-state index contributed by atoms with van der Waals surface area (Å²) in [5.41, 5.74) is 0.563. The van der Waals surface area contributed by atoms with Gasteiger partial charge in [-0.25, -0.2) is 9.18 Å². The number of thiophene rings is 1. The van der Waals surface area contributed by atoms with E-state index in [0.29, 0.717) is 80.1 Å². The molecule has 1 spiro atoms. The predicted molar refractivity (Wildman–Crippen MR) is 358 cm³/mol. The number of hydrogen-bond donors (Lipinski definition) is 1. The molecule has 3 fully saturated rings. The van der Waals surface area contributed by atoms with Crippen molar-refractivity contribution >= 4 is 51.7 Å². The van der Waals surface area contributed by atoms with Crippen LogP contribution in [0.1, 0.15) is 111 Å². The fraction of sp³-hybridized carbons (Fsp3) is 0.466. The fourth-order valence-electron chi connectivity index (χ4n) is 13.7. The zero-order valence-corrected chi connectivity index (χ0v) is 56.3. The first-order chi connectivity index (χ1) is 46.3. The van der Waals surface area contributed by atoms with Crippen molar-refractivity contribution in [2.75, 3.05) is 124 Å². The molecule has 10 rings (SSSR count). The SMILES string of the molecule is Cc1cc(N(C)CCCCCC(=O)N(C)CCN2CCC(OC(=O)Nc3ccccc3-c3ccccc3)CC2)sc1C(=O)N(C)CCN(C)C(=O)CO[C@H]1Cc2ccccc2C12CCN(CC[C@@]1(c3ccc(F)cc3)CN(C(=O)c3cc(C(F)(F)F)cc(C(F)(F)F)c3)CO1)CC2. The van der Waals surface area contributed by atoms with Gasteiger partial charge in [0.1, 0.15) is 30.9 Å². The maximum atomic E-state index is 14.3. The number of rotatable bonds is 25. The quantitative estimate of drug-likeness (QED) is 0.0431. The summed E-state index contributed by atoms with van der Waals surface area (Å²) in [6.07, 6.45) is -4.68. The van der Waals surface area contributed by atoms with Gasteiger partial charge in [-0.1, -0.05) is 91.3 Å². The molecule has 3 aliphatic heterocycles. The van der Waals surface area contributed by atoms with Crippen LogP contribution in [0.4, 0.5) is 46.2 Å². The second-order valence-electron chi connectivity index (χ2n) is 26.2. The van der Waals surface area contributed by atoms with E-state index in [-0.39, 0.29) is 68.7 Å². The first-order valence-electron chi connectivity index (χ1n) is 33.1. The van der Waals surface area contributed by atoms with Gasteiger partial charge in [0.2, 0.25) is 11.8 Å². The zero-order chi connectivity index (χ0) is 69.2. The Balaban J connectivity index is 0.630. The Bertz CT molecular complexity index is 3680. The maximum Gasteiger partial charge on any atom is 0.416 e. The van der Waals surface area contributed by atoms with Gasteiger partial charge >= 0.3 is 18.4 Å². The van der Waals surface area contributed by atoms with Crippen LogP contribution in [0.15, 0.2) is 127 Å². The van der Waals surface area contributed by atoms with Crippen LogP contribution in [0, 0.1) is 12.7 Å². The van der Waals surface area contributed by atoms with Crippen LogP contribution in [0.5, 0.6) is 0 Å². The van der Waals surface area contributed by atoms with Crippen molar-refractivity contribution in [2.45, 2.75) is 107 Å². The number of ether oxygens (including phenoxy) is 3. The molecule has 4 heterocycles. The minimum atomic E-state index is -5.15. The van der Waals surface area contributed by atoms with E-state index in [0.717, 1.165) is 96.0 Å². The number of piperidine rings is 2. The molecule has 5 aromatic carbocycles. The number of nitrogens with one attached hydrogen (secondary N) is 1. The van der Waals surface area contributed by atoms with Crippen LogP contribution in [0.3, 0.4) is 0 Å². The number of unbranched alkanes of at least 4 members (excludes halogenated alkanes) is 2. The average molecular weight is 1370 g/mol. The van der Waals surface area contributed by atoms with Crippen molar-refractivity contribution in [1.82, 2.24) is 29.4 Å². The van der Waals surface area contributed by atoms with E-state index in [4.69, 9.17) is 14.2 Å². The number of aryl methyl sites for hydroxylation is 1. The number of likely N-dealkylation sites (N-methyl/N-ethyl adjacent to an activating group) is 3. The smallest absolute Gasteiger partial charge is 0.416 e. The van der Waals surface area contributed by atoms with E-state index in [1.807, 2.05) is 93.8 Å². The van der Waals surface area contributed by atoms with E-state index in [9.17, 15) is 54.7 Å². The number of anilines is 2. The molecular formula is C73H85F7N8O8S. The zero-order valence-electron chi connectivity index (χ0n) is 55.5. The molecule has 5 amide bonds. The summed E-state index contributed by atoms with van der Waals surface area (Å²) in [6, 6.07) is 33.9. The van der Waals surface area contributed by atoms with Crippen LogP contribution in [-0.2, 0) is 53.6 Å². The van der Waals surface area contributed by atoms with Crippen LogP contribution >= 0.6 is 11.3 Å². The number of fused-ring (bicyclic) bond motifs is 2. The van der Waals surface area contributed by atoms with E-state index >= 15 is 0 Å². The number of halogens is 7. The van der Waals surface area contributed by atoms with Crippen molar-refractivity contribution in [3.05, 3.63) is 177 Å². The molecule has 97 heavy (non-hydrogen) atoms. The van der Waals surface area contributed by atoms with Gasteiger partial charge in [0.15, 0.2) is 0 Å². The standard InChI is InChI=1S/C73H85F7N8O8S/c1-50-42-65(84(4)32-15-7-10-22-63(89)82(2)40-41-86-33-27-58(28-34-86)96-69(93)81-61-21-14-12-19-59(61)51-16-8-6-9-17-51)97-66(50)68(92)85(5)39-38-83(3)64(90)47-94-62-45-52-18-11-13-20-60(52)70(62)29-35-87(36-30-70)37-31-71(54-23-25-57(74)26-24-54)48-88(49-95-71)67(91)53-43-55(72(75,76)77)46-56(44-53)73(78,79)80/h6,8-9,11-14,16-21,23-26,42-44,46,58,62H,7,10,15,22,27-41,45,47-49H2,1-5H3,(H,81,93)/t62-,71-/m0/s1. The fourth-order valence-corrected chi connectivity index (χ4v) is 14.8. The molecule has 0 saturated carbocycles. The summed E-state index contributed by atoms with van der Waals surface area (Å²) < 4.78 is 116.